The molecule has 1 saturated heterocycles. The maximum Gasteiger partial charge on any atom is 0.333 e. The number of carbonyl (C=O) groups is 2. The summed E-state index contributed by atoms with van der Waals surface area (Å²) in [5.74, 6) is -0.413. The number of hydrogen-bond donors (Lipinski definition) is 2. The summed E-state index contributed by atoms with van der Waals surface area (Å²) in [4.78, 5) is 25.7. The molecule has 0 spiro atoms. The molecule has 8 heteroatoms. The SMILES string of the molecule is O=C1NC(=Cc2cc(Br)c(O)c(Br)c2)C(=O)N1c1ccc(Cl)cc1. The minimum atomic E-state index is -0.537. The van der Waals surface area contributed by atoms with Crippen molar-refractivity contribution in [2.75, 3.05) is 4.90 Å². The van der Waals surface area contributed by atoms with Gasteiger partial charge in [-0.2, -0.15) is 0 Å². The standard InChI is InChI=1S/C16H9Br2ClN2O3/c17-11-5-8(6-12(18)14(11)22)7-13-15(23)21(16(24)20-13)10-3-1-9(19)2-4-10/h1-7,22H,(H,20,24). The molecule has 1 heterocycles. The van der Waals surface area contributed by atoms with Crippen LogP contribution in [0, 0.1) is 0 Å². The Balaban J connectivity index is 1.95. The first-order chi connectivity index (χ1) is 11.4. The molecule has 2 aromatic carbocycles. The second kappa shape index (κ2) is 6.58. The first kappa shape index (κ1) is 17.0. The Kier molecular flexibility index (Phi) is 4.67. The second-order valence-electron chi connectivity index (χ2n) is 4.94. The lowest BCUT2D eigenvalue weighted by atomic mass is 10.2. The van der Waals surface area contributed by atoms with E-state index in [4.69, 9.17) is 11.6 Å². The average molecular weight is 473 g/mol. The number of urea groups is 1. The van der Waals surface area contributed by atoms with E-state index in [9.17, 15) is 14.7 Å². The van der Waals surface area contributed by atoms with Crippen molar-refractivity contribution in [2.24, 2.45) is 0 Å². The number of imide groups is 1. The predicted molar refractivity (Wildman–Crippen MR) is 99.0 cm³/mol. The molecular weight excluding hydrogens is 463 g/mol. The highest BCUT2D eigenvalue weighted by atomic mass is 79.9. The van der Waals surface area contributed by atoms with Crippen LogP contribution in [-0.4, -0.2) is 17.0 Å². The molecule has 3 amide bonds. The zero-order valence-corrected chi connectivity index (χ0v) is 15.8. The van der Waals surface area contributed by atoms with E-state index in [-0.39, 0.29) is 11.4 Å². The van der Waals surface area contributed by atoms with Crippen LogP contribution in [-0.2, 0) is 4.79 Å². The Morgan fingerprint density at radius 3 is 2.25 bits per heavy atom. The number of rotatable bonds is 2. The van der Waals surface area contributed by atoms with Gasteiger partial charge < -0.3 is 10.4 Å². The molecule has 1 aliphatic heterocycles. The molecule has 5 nitrogen and oxygen atoms in total. The van der Waals surface area contributed by atoms with Crippen molar-refractivity contribution < 1.29 is 14.7 Å². The summed E-state index contributed by atoms with van der Waals surface area (Å²) in [6, 6.07) is 9.13. The van der Waals surface area contributed by atoms with Gasteiger partial charge in [0.25, 0.3) is 5.91 Å². The minimum absolute atomic E-state index is 0.0572. The van der Waals surface area contributed by atoms with Crippen LogP contribution in [0.4, 0.5) is 10.5 Å². The summed E-state index contributed by atoms with van der Waals surface area (Å²) >= 11 is 12.3. The highest BCUT2D eigenvalue weighted by Crippen LogP contribution is 2.34. The number of phenolic OH excluding ortho intramolecular Hbond substituents is 1. The van der Waals surface area contributed by atoms with Crippen molar-refractivity contribution in [1.29, 1.82) is 0 Å². The van der Waals surface area contributed by atoms with E-state index in [1.54, 1.807) is 36.4 Å². The normalized spacial score (nSPS) is 16.0. The van der Waals surface area contributed by atoms with Gasteiger partial charge in [0.15, 0.2) is 0 Å². The van der Waals surface area contributed by atoms with Crippen molar-refractivity contribution >= 4 is 67.2 Å². The summed E-state index contributed by atoms with van der Waals surface area (Å²) < 4.78 is 0.935. The summed E-state index contributed by atoms with van der Waals surface area (Å²) in [5, 5.41) is 12.8. The maximum absolute atomic E-state index is 12.5. The summed E-state index contributed by atoms with van der Waals surface area (Å²) in [5.41, 5.74) is 1.20. The van der Waals surface area contributed by atoms with Gasteiger partial charge in [-0.3, -0.25) is 4.79 Å². The summed E-state index contributed by atoms with van der Waals surface area (Å²) in [6.07, 6.45) is 1.53. The Morgan fingerprint density at radius 2 is 1.67 bits per heavy atom. The molecule has 0 aliphatic carbocycles. The van der Waals surface area contributed by atoms with E-state index in [2.05, 4.69) is 37.2 Å². The molecule has 0 bridgehead atoms. The van der Waals surface area contributed by atoms with Gasteiger partial charge in [-0.15, -0.1) is 0 Å². The van der Waals surface area contributed by atoms with Crippen molar-refractivity contribution in [3.8, 4) is 5.75 Å². The average Bonchev–Trinajstić information content (AvgIpc) is 2.80. The molecule has 2 N–H and O–H groups in total. The summed E-state index contributed by atoms with van der Waals surface area (Å²) in [6.45, 7) is 0. The highest BCUT2D eigenvalue weighted by molar-refractivity contribution is 9.11. The molecule has 1 fully saturated rings. The van der Waals surface area contributed by atoms with Gasteiger partial charge in [0.2, 0.25) is 0 Å². The number of halogens is 3. The van der Waals surface area contributed by atoms with Crippen LogP contribution in [0.15, 0.2) is 51.0 Å². The third kappa shape index (κ3) is 3.19. The second-order valence-corrected chi connectivity index (χ2v) is 7.08. The van der Waals surface area contributed by atoms with E-state index in [1.807, 2.05) is 0 Å². The van der Waals surface area contributed by atoms with Gasteiger partial charge in [-0.25, -0.2) is 9.69 Å². The van der Waals surface area contributed by atoms with Gasteiger partial charge in [0.05, 0.1) is 14.6 Å². The molecule has 1 aliphatic rings. The number of amides is 3. The van der Waals surface area contributed by atoms with Crippen molar-refractivity contribution in [3.05, 3.63) is 61.6 Å². The van der Waals surface area contributed by atoms with Gasteiger partial charge in [-0.1, -0.05) is 11.6 Å². The number of anilines is 1. The lowest BCUT2D eigenvalue weighted by Crippen LogP contribution is -2.30. The highest BCUT2D eigenvalue weighted by Gasteiger charge is 2.34. The third-order valence-electron chi connectivity index (χ3n) is 3.31. The fourth-order valence-corrected chi connectivity index (χ4v) is 3.54. The topological polar surface area (TPSA) is 69.6 Å². The first-order valence-corrected chi connectivity index (χ1v) is 8.64. The number of nitrogens with one attached hydrogen (secondary N) is 1. The van der Waals surface area contributed by atoms with Crippen LogP contribution in [0.1, 0.15) is 5.56 Å². The molecule has 0 atom stereocenters. The van der Waals surface area contributed by atoms with E-state index < -0.39 is 11.9 Å². The van der Waals surface area contributed by atoms with Crippen LogP contribution < -0.4 is 10.2 Å². The van der Waals surface area contributed by atoms with E-state index in [1.165, 1.54) is 6.08 Å². The lowest BCUT2D eigenvalue weighted by molar-refractivity contribution is -0.113. The molecule has 3 rings (SSSR count). The van der Waals surface area contributed by atoms with Gasteiger partial charge in [0.1, 0.15) is 11.4 Å². The summed E-state index contributed by atoms with van der Waals surface area (Å²) in [7, 11) is 0. The molecule has 24 heavy (non-hydrogen) atoms. The maximum atomic E-state index is 12.5. The Bertz CT molecular complexity index is 858. The van der Waals surface area contributed by atoms with Crippen molar-refractivity contribution in [1.82, 2.24) is 5.32 Å². The van der Waals surface area contributed by atoms with Crippen LogP contribution in [0.3, 0.4) is 0 Å². The lowest BCUT2D eigenvalue weighted by Gasteiger charge is -2.11. The number of aromatic hydroxyl groups is 1. The number of phenols is 1. The third-order valence-corrected chi connectivity index (χ3v) is 4.77. The van der Waals surface area contributed by atoms with E-state index in [0.29, 0.717) is 25.2 Å². The number of carbonyl (C=O) groups excluding carboxylic acids is 2. The van der Waals surface area contributed by atoms with Crippen LogP contribution in [0.25, 0.3) is 6.08 Å². The zero-order chi connectivity index (χ0) is 17.4. The predicted octanol–water partition coefficient (Wildman–Crippen LogP) is 4.67. The number of nitrogens with zero attached hydrogens (tertiary/aromatic N) is 1. The number of hydrogen-bond acceptors (Lipinski definition) is 3. The van der Waals surface area contributed by atoms with Crippen LogP contribution in [0.5, 0.6) is 5.75 Å². The Hall–Kier alpha value is -1.83. The smallest absolute Gasteiger partial charge is 0.333 e. The molecular formula is C16H9Br2ClN2O3. The Labute approximate surface area is 159 Å². The van der Waals surface area contributed by atoms with Gasteiger partial charge in [-0.05, 0) is 79.9 Å². The van der Waals surface area contributed by atoms with Crippen molar-refractivity contribution in [2.45, 2.75) is 0 Å². The van der Waals surface area contributed by atoms with E-state index in [0.717, 1.165) is 4.90 Å². The quantitative estimate of drug-likeness (QED) is 0.493. The van der Waals surface area contributed by atoms with Gasteiger partial charge >= 0.3 is 6.03 Å². The fraction of sp³-hybridized carbons (Fsp3) is 0. The number of benzene rings is 2. The largest absolute Gasteiger partial charge is 0.506 e. The first-order valence-electron chi connectivity index (χ1n) is 6.67. The van der Waals surface area contributed by atoms with E-state index >= 15 is 0 Å². The molecule has 122 valence electrons. The van der Waals surface area contributed by atoms with Crippen LogP contribution in [0.2, 0.25) is 5.02 Å². The van der Waals surface area contributed by atoms with Gasteiger partial charge in [0, 0.05) is 5.02 Å². The van der Waals surface area contributed by atoms with Crippen LogP contribution >= 0.6 is 43.5 Å². The van der Waals surface area contributed by atoms with Crippen molar-refractivity contribution in [3.63, 3.8) is 0 Å². The molecule has 2 aromatic rings. The monoisotopic (exact) mass is 470 g/mol. The molecule has 0 aromatic heterocycles. The Morgan fingerprint density at radius 1 is 1.08 bits per heavy atom. The zero-order valence-electron chi connectivity index (χ0n) is 11.9. The molecule has 0 saturated carbocycles. The minimum Gasteiger partial charge on any atom is -0.506 e. The molecule has 0 radical (unpaired) electrons. The molecule has 0 unspecified atom stereocenters. The fourth-order valence-electron chi connectivity index (χ4n) is 2.19.